The van der Waals surface area contributed by atoms with Crippen LogP contribution < -0.4 is 20.3 Å². The molecule has 314 valence electrons. The average molecular weight is 836 g/mol. The molecule has 0 bridgehead atoms. The Kier molecular flexibility index (Phi) is 10.8. The third-order valence-electron chi connectivity index (χ3n) is 13.3. The summed E-state index contributed by atoms with van der Waals surface area (Å²) in [6.45, 7) is 13.6. The molecule has 2 aromatic carbocycles. The number of halogens is 1. The van der Waals surface area contributed by atoms with E-state index in [1.807, 2.05) is 39.8 Å². The number of aromatic nitrogens is 2. The Bertz CT molecular complexity index is 2270. The predicted molar refractivity (Wildman–Crippen MR) is 223 cm³/mol. The van der Waals surface area contributed by atoms with Gasteiger partial charge in [0.2, 0.25) is 11.9 Å². The molecule has 0 spiro atoms. The van der Waals surface area contributed by atoms with E-state index in [9.17, 15) is 29.2 Å². The first-order chi connectivity index (χ1) is 28.6. The highest BCUT2D eigenvalue weighted by Crippen LogP contribution is 2.58. The van der Waals surface area contributed by atoms with Crippen molar-refractivity contribution in [1.82, 2.24) is 24.7 Å². The quantitative estimate of drug-likeness (QED) is 0.298. The number of likely N-dealkylation sites (tertiary alicyclic amines) is 1. The molecule has 3 saturated heterocycles. The first-order valence-electron chi connectivity index (χ1n) is 20.7. The Morgan fingerprint density at radius 1 is 0.867 bits per heavy atom. The number of anilines is 2. The second-order valence-electron chi connectivity index (χ2n) is 17.9. The molecule has 3 aromatic rings. The zero-order valence-corrected chi connectivity index (χ0v) is 35.2. The number of hydrogen-bond donors (Lipinski definition) is 1. The van der Waals surface area contributed by atoms with Crippen molar-refractivity contribution in [3.05, 3.63) is 76.1 Å². The molecular formula is C44H50ClN9O6. The van der Waals surface area contributed by atoms with E-state index in [0.717, 1.165) is 75.7 Å². The van der Waals surface area contributed by atoms with Gasteiger partial charge in [0, 0.05) is 87.2 Å². The summed E-state index contributed by atoms with van der Waals surface area (Å²) in [5.41, 5.74) is 5.94. The van der Waals surface area contributed by atoms with E-state index < -0.39 is 52.6 Å². The van der Waals surface area contributed by atoms with Gasteiger partial charge in [0.25, 0.3) is 23.6 Å². The second-order valence-corrected chi connectivity index (χ2v) is 18.3. The number of ether oxygens (including phenoxy) is 1. The lowest BCUT2D eigenvalue weighted by Gasteiger charge is -2.65. The minimum Gasteiger partial charge on any atom is -0.489 e. The number of hydrogen-bond acceptors (Lipinski definition) is 12. The van der Waals surface area contributed by atoms with E-state index in [1.54, 1.807) is 30.3 Å². The molecule has 5 aliphatic rings. The number of nitrogens with two attached hydrogens (primary N) is 1. The van der Waals surface area contributed by atoms with E-state index in [1.165, 1.54) is 17.3 Å². The van der Waals surface area contributed by atoms with Crippen molar-refractivity contribution in [3.63, 3.8) is 0 Å². The summed E-state index contributed by atoms with van der Waals surface area (Å²) in [5.74, 6) is -0.883. The van der Waals surface area contributed by atoms with Gasteiger partial charge in [-0.05, 0) is 61.9 Å². The van der Waals surface area contributed by atoms with Gasteiger partial charge in [-0.25, -0.2) is 9.97 Å². The summed E-state index contributed by atoms with van der Waals surface area (Å²) in [4.78, 5) is 85.4. The molecule has 16 heteroatoms. The van der Waals surface area contributed by atoms with Crippen molar-refractivity contribution in [2.75, 3.05) is 55.6 Å². The summed E-state index contributed by atoms with van der Waals surface area (Å²) < 4.78 is 6.40. The molecule has 15 nitrogen and oxygen atoms in total. The number of imide groups is 2. The fourth-order valence-corrected chi connectivity index (χ4v) is 10.8. The van der Waals surface area contributed by atoms with Crippen molar-refractivity contribution < 1.29 is 28.7 Å². The molecule has 5 amide bonds. The molecule has 4 aliphatic heterocycles. The Morgan fingerprint density at radius 3 is 2.23 bits per heavy atom. The number of amides is 5. The number of carbonyl (C=O) groups excluding carboxylic acids is 5. The van der Waals surface area contributed by atoms with Gasteiger partial charge in [-0.1, -0.05) is 39.3 Å². The highest BCUT2D eigenvalue weighted by molar-refractivity contribution is 6.31. The number of nitrogens with zero attached hydrogens (tertiary/aromatic N) is 8. The largest absolute Gasteiger partial charge is 0.489 e. The van der Waals surface area contributed by atoms with Gasteiger partial charge < -0.3 is 20.3 Å². The van der Waals surface area contributed by atoms with E-state index in [0.29, 0.717) is 28.7 Å². The Balaban J connectivity index is 0.890. The number of fused-ring (bicyclic) bond motifs is 1. The molecule has 1 aromatic heterocycles. The number of rotatable bonds is 9. The lowest BCUT2D eigenvalue weighted by Crippen LogP contribution is -2.77. The van der Waals surface area contributed by atoms with E-state index in [2.05, 4.69) is 24.7 Å². The maximum absolute atomic E-state index is 14.4. The first kappa shape index (κ1) is 41.2. The third kappa shape index (κ3) is 7.23. The minimum atomic E-state index is -1.11. The average Bonchev–Trinajstić information content (AvgIpc) is 3.33. The van der Waals surface area contributed by atoms with Gasteiger partial charge in [-0.3, -0.25) is 38.7 Å². The van der Waals surface area contributed by atoms with Crippen LogP contribution in [-0.2, 0) is 9.59 Å². The Morgan fingerprint density at radius 2 is 1.57 bits per heavy atom. The summed E-state index contributed by atoms with van der Waals surface area (Å²) in [6, 6.07) is 10.5. The van der Waals surface area contributed by atoms with Crippen molar-refractivity contribution in [1.29, 1.82) is 5.26 Å². The molecule has 8 rings (SSSR count). The van der Waals surface area contributed by atoms with E-state index >= 15 is 0 Å². The van der Waals surface area contributed by atoms with Gasteiger partial charge in [0.05, 0.1) is 33.3 Å². The zero-order chi connectivity index (χ0) is 42.7. The summed E-state index contributed by atoms with van der Waals surface area (Å²) in [7, 11) is 0. The molecule has 1 aliphatic carbocycles. The monoisotopic (exact) mass is 835 g/mol. The van der Waals surface area contributed by atoms with Crippen LogP contribution in [0.15, 0.2) is 48.8 Å². The molecule has 2 atom stereocenters. The SMILES string of the molecule is CC1(C)C(Oc2ccc(C#N)c(Cl)c2)C(C)(C)C1N1C(=O)CC[C@@H](N2C(=O)c3ccc(N4CCN(C[C@@H]5CCCN(c6ncc(C(N)=O)cn6)CC5)CC4)cc3C2=O)C1=O. The van der Waals surface area contributed by atoms with Crippen molar-refractivity contribution in [2.24, 2.45) is 22.5 Å². The molecular weight excluding hydrogens is 786 g/mol. The second kappa shape index (κ2) is 15.8. The molecule has 1 saturated carbocycles. The van der Waals surface area contributed by atoms with Crippen LogP contribution in [0.4, 0.5) is 11.6 Å². The first-order valence-corrected chi connectivity index (χ1v) is 21.1. The van der Waals surface area contributed by atoms with E-state index in [-0.39, 0.29) is 34.9 Å². The number of nitriles is 1. The molecule has 0 unspecified atom stereocenters. The zero-order valence-electron chi connectivity index (χ0n) is 34.4. The number of carbonyl (C=O) groups is 5. The van der Waals surface area contributed by atoms with E-state index in [4.69, 9.17) is 22.1 Å². The topological polar surface area (TPSA) is 186 Å². The highest BCUT2D eigenvalue weighted by atomic mass is 35.5. The van der Waals surface area contributed by atoms with Crippen molar-refractivity contribution >= 4 is 52.8 Å². The Hall–Kier alpha value is -5.59. The molecule has 2 N–H and O–H groups in total. The van der Waals surface area contributed by atoms with Crippen molar-refractivity contribution in [2.45, 2.75) is 78.0 Å². The van der Waals surface area contributed by atoms with Gasteiger partial charge in [-0.2, -0.15) is 5.26 Å². The number of benzene rings is 2. The molecule has 5 heterocycles. The summed E-state index contributed by atoms with van der Waals surface area (Å²) >= 11 is 6.28. The lowest BCUT2D eigenvalue weighted by atomic mass is 9.48. The predicted octanol–water partition coefficient (Wildman–Crippen LogP) is 4.53. The molecule has 4 fully saturated rings. The van der Waals surface area contributed by atoms with Crippen LogP contribution in [0.5, 0.6) is 5.75 Å². The Labute approximate surface area is 354 Å². The van der Waals surface area contributed by atoms with Crippen molar-refractivity contribution in [3.8, 4) is 11.8 Å². The normalized spacial score (nSPS) is 25.4. The smallest absolute Gasteiger partial charge is 0.262 e. The van der Waals surface area contributed by atoms with Crippen LogP contribution in [-0.4, -0.2) is 118 Å². The number of primary amides is 1. The molecule has 60 heavy (non-hydrogen) atoms. The van der Waals surface area contributed by atoms with Crippen LogP contribution in [0, 0.1) is 28.1 Å². The fraction of sp³-hybridized carbons (Fsp3) is 0.500. The standard InChI is InChI=1S/C44H50ClN9O6/c1-43(2)40(44(3,4)41(43)60-30-9-7-27(22-46)33(45)21-30)54-35(55)12-11-34(39(54)59)53-37(57)31-10-8-29(20-32(31)38(53)58)51-18-16-50(17-19-51)25-26-6-5-14-52(15-13-26)42-48-23-28(24-49-42)36(47)56/h7-10,20-21,23-24,26,34,40-41H,5-6,11-19,25H2,1-4H3,(H2,47,56)/t26-,34-,40?,41?/m1/s1. The van der Waals surface area contributed by atoms with Gasteiger partial charge >= 0.3 is 0 Å². The number of piperidine rings is 1. The number of piperazine rings is 1. The lowest BCUT2D eigenvalue weighted by molar-refractivity contribution is -0.216. The maximum atomic E-state index is 14.4. The molecule has 0 radical (unpaired) electrons. The van der Waals surface area contributed by atoms with Crippen LogP contribution in [0.1, 0.15) is 96.4 Å². The van der Waals surface area contributed by atoms with Gasteiger partial charge in [0.15, 0.2) is 0 Å². The fourth-order valence-electron chi connectivity index (χ4n) is 10.6. The van der Waals surface area contributed by atoms with Crippen LogP contribution in [0.25, 0.3) is 0 Å². The summed E-state index contributed by atoms with van der Waals surface area (Å²) in [5, 5.41) is 9.55. The maximum Gasteiger partial charge on any atom is 0.262 e. The highest BCUT2D eigenvalue weighted by Gasteiger charge is 2.68. The van der Waals surface area contributed by atoms with Crippen LogP contribution in [0.2, 0.25) is 5.02 Å². The van der Waals surface area contributed by atoms with Crippen LogP contribution in [0.3, 0.4) is 0 Å². The van der Waals surface area contributed by atoms with Crippen LogP contribution >= 0.6 is 11.6 Å². The van der Waals surface area contributed by atoms with Gasteiger partial charge in [-0.15, -0.1) is 0 Å². The minimum absolute atomic E-state index is 0.0124. The third-order valence-corrected chi connectivity index (χ3v) is 13.6. The van der Waals surface area contributed by atoms with Gasteiger partial charge in [0.1, 0.15) is 24.0 Å². The summed E-state index contributed by atoms with van der Waals surface area (Å²) in [6.07, 6.45) is 5.73.